The number of fused-ring (bicyclic) bond motifs is 1. The van der Waals surface area contributed by atoms with E-state index >= 15 is 0 Å². The van der Waals surface area contributed by atoms with Crippen molar-refractivity contribution in [2.24, 2.45) is 0 Å². The molecule has 4 heteroatoms. The molecule has 0 bridgehead atoms. The average molecular weight is 270 g/mol. The summed E-state index contributed by atoms with van der Waals surface area (Å²) in [4.78, 5) is 0. The lowest BCUT2D eigenvalue weighted by molar-refractivity contribution is 0.146. The summed E-state index contributed by atoms with van der Waals surface area (Å²) < 4.78 is 12.9. The number of hydrogen-bond donors (Lipinski definition) is 0. The molecule has 0 amide bonds. The molecule has 1 fully saturated rings. The SMILES string of the molecule is COCCOc1ccc2c(C#N)cn(C3CCC3)c2c1. The van der Waals surface area contributed by atoms with Gasteiger partial charge in [0, 0.05) is 30.8 Å². The fourth-order valence-corrected chi connectivity index (χ4v) is 2.62. The van der Waals surface area contributed by atoms with Crippen LogP contribution in [0.25, 0.3) is 10.9 Å². The summed E-state index contributed by atoms with van der Waals surface area (Å²) in [6.07, 6.45) is 5.65. The number of rotatable bonds is 5. The first kappa shape index (κ1) is 13.0. The Morgan fingerprint density at radius 3 is 2.85 bits per heavy atom. The van der Waals surface area contributed by atoms with Gasteiger partial charge in [-0.25, -0.2) is 0 Å². The van der Waals surface area contributed by atoms with Crippen LogP contribution in [0.3, 0.4) is 0 Å². The van der Waals surface area contributed by atoms with Crippen LogP contribution in [-0.4, -0.2) is 24.9 Å². The number of nitriles is 1. The summed E-state index contributed by atoms with van der Waals surface area (Å²) in [5.41, 5.74) is 1.84. The van der Waals surface area contributed by atoms with Crippen molar-refractivity contribution in [2.45, 2.75) is 25.3 Å². The maximum Gasteiger partial charge on any atom is 0.121 e. The highest BCUT2D eigenvalue weighted by Gasteiger charge is 2.22. The van der Waals surface area contributed by atoms with Crippen LogP contribution in [0, 0.1) is 11.3 Å². The van der Waals surface area contributed by atoms with Crippen LogP contribution in [0.2, 0.25) is 0 Å². The Balaban J connectivity index is 1.96. The van der Waals surface area contributed by atoms with E-state index in [4.69, 9.17) is 9.47 Å². The number of nitrogens with zero attached hydrogens (tertiary/aromatic N) is 2. The van der Waals surface area contributed by atoms with Crippen LogP contribution in [0.4, 0.5) is 0 Å². The van der Waals surface area contributed by atoms with E-state index in [9.17, 15) is 5.26 Å². The van der Waals surface area contributed by atoms with E-state index in [0.717, 1.165) is 22.2 Å². The van der Waals surface area contributed by atoms with Crippen molar-refractivity contribution in [3.63, 3.8) is 0 Å². The summed E-state index contributed by atoms with van der Waals surface area (Å²) in [6.45, 7) is 1.11. The third kappa shape index (κ3) is 2.25. The van der Waals surface area contributed by atoms with E-state index in [1.54, 1.807) is 7.11 Å². The lowest BCUT2D eigenvalue weighted by atomic mass is 9.93. The maximum absolute atomic E-state index is 9.25. The summed E-state index contributed by atoms with van der Waals surface area (Å²) in [6, 6.07) is 8.75. The number of hydrogen-bond acceptors (Lipinski definition) is 3. The Morgan fingerprint density at radius 2 is 2.20 bits per heavy atom. The Kier molecular flexibility index (Phi) is 3.62. The van der Waals surface area contributed by atoms with Crippen LogP contribution in [0.5, 0.6) is 5.75 Å². The predicted octanol–water partition coefficient (Wildman–Crippen LogP) is 3.26. The lowest BCUT2D eigenvalue weighted by Gasteiger charge is -2.28. The first-order valence-corrected chi connectivity index (χ1v) is 7.00. The molecule has 0 unspecified atom stereocenters. The minimum absolute atomic E-state index is 0.536. The van der Waals surface area contributed by atoms with E-state index in [-0.39, 0.29) is 0 Å². The number of benzene rings is 1. The first-order valence-electron chi connectivity index (χ1n) is 7.00. The molecule has 1 aromatic carbocycles. The van der Waals surface area contributed by atoms with Crippen LogP contribution in [-0.2, 0) is 4.74 Å². The monoisotopic (exact) mass is 270 g/mol. The zero-order valence-corrected chi connectivity index (χ0v) is 11.6. The van der Waals surface area contributed by atoms with Gasteiger partial charge in [-0.3, -0.25) is 0 Å². The number of ether oxygens (including phenoxy) is 2. The normalized spacial score (nSPS) is 15.0. The molecule has 1 heterocycles. The van der Waals surface area contributed by atoms with E-state index in [1.807, 2.05) is 24.4 Å². The summed E-state index contributed by atoms with van der Waals surface area (Å²) in [5.74, 6) is 0.831. The van der Waals surface area contributed by atoms with Gasteiger partial charge in [0.05, 0.1) is 17.7 Å². The van der Waals surface area contributed by atoms with E-state index in [0.29, 0.717) is 19.3 Å². The molecule has 0 atom stereocenters. The zero-order valence-electron chi connectivity index (χ0n) is 11.6. The molecule has 4 nitrogen and oxygen atoms in total. The highest BCUT2D eigenvalue weighted by molar-refractivity contribution is 5.87. The van der Waals surface area contributed by atoms with Gasteiger partial charge in [-0.1, -0.05) is 0 Å². The molecule has 2 aromatic rings. The van der Waals surface area contributed by atoms with E-state index in [1.165, 1.54) is 19.3 Å². The first-order chi connectivity index (χ1) is 9.83. The fraction of sp³-hybridized carbons (Fsp3) is 0.438. The van der Waals surface area contributed by atoms with Crippen molar-refractivity contribution in [2.75, 3.05) is 20.3 Å². The average Bonchev–Trinajstić information content (AvgIpc) is 2.76. The Hall–Kier alpha value is -1.99. The van der Waals surface area contributed by atoms with E-state index in [2.05, 4.69) is 10.6 Å². The molecule has 0 spiro atoms. The smallest absolute Gasteiger partial charge is 0.121 e. The van der Waals surface area contributed by atoms with Gasteiger partial charge in [-0.15, -0.1) is 0 Å². The molecular formula is C16H18N2O2. The molecule has 104 valence electrons. The Morgan fingerprint density at radius 1 is 1.35 bits per heavy atom. The van der Waals surface area contributed by atoms with Gasteiger partial charge in [-0.2, -0.15) is 5.26 Å². The second-order valence-electron chi connectivity index (χ2n) is 5.17. The molecule has 20 heavy (non-hydrogen) atoms. The van der Waals surface area contributed by atoms with Crippen molar-refractivity contribution in [3.05, 3.63) is 30.0 Å². The van der Waals surface area contributed by atoms with Gasteiger partial charge in [0.25, 0.3) is 0 Å². The predicted molar refractivity (Wildman–Crippen MR) is 76.9 cm³/mol. The van der Waals surface area contributed by atoms with Gasteiger partial charge < -0.3 is 14.0 Å². The lowest BCUT2D eigenvalue weighted by Crippen LogP contribution is -2.15. The molecule has 0 aliphatic heterocycles. The summed E-state index contributed by atoms with van der Waals surface area (Å²) >= 11 is 0. The highest BCUT2D eigenvalue weighted by atomic mass is 16.5. The third-order valence-electron chi connectivity index (χ3n) is 3.95. The molecule has 1 aromatic heterocycles. The van der Waals surface area contributed by atoms with E-state index < -0.39 is 0 Å². The molecule has 1 saturated carbocycles. The maximum atomic E-state index is 9.25. The van der Waals surface area contributed by atoms with Crippen LogP contribution < -0.4 is 4.74 Å². The molecule has 0 N–H and O–H groups in total. The van der Waals surface area contributed by atoms with Crippen molar-refractivity contribution in [3.8, 4) is 11.8 Å². The minimum Gasteiger partial charge on any atom is -0.491 e. The number of aromatic nitrogens is 1. The zero-order chi connectivity index (χ0) is 13.9. The van der Waals surface area contributed by atoms with Gasteiger partial charge in [0.2, 0.25) is 0 Å². The Bertz CT molecular complexity index is 650. The molecule has 3 rings (SSSR count). The van der Waals surface area contributed by atoms with Gasteiger partial charge in [0.15, 0.2) is 0 Å². The van der Waals surface area contributed by atoms with Crippen LogP contribution in [0.1, 0.15) is 30.9 Å². The largest absolute Gasteiger partial charge is 0.491 e. The molecule has 1 aliphatic rings. The molecular weight excluding hydrogens is 252 g/mol. The van der Waals surface area contributed by atoms with Crippen LogP contribution in [0.15, 0.2) is 24.4 Å². The van der Waals surface area contributed by atoms with Gasteiger partial charge >= 0.3 is 0 Å². The second-order valence-corrected chi connectivity index (χ2v) is 5.17. The van der Waals surface area contributed by atoms with Crippen molar-refractivity contribution < 1.29 is 9.47 Å². The van der Waals surface area contributed by atoms with Crippen LogP contribution >= 0.6 is 0 Å². The summed E-state index contributed by atoms with van der Waals surface area (Å²) in [5, 5.41) is 10.3. The van der Waals surface area contributed by atoms with Crippen molar-refractivity contribution in [1.82, 2.24) is 4.57 Å². The van der Waals surface area contributed by atoms with Gasteiger partial charge in [0.1, 0.15) is 18.4 Å². The fourth-order valence-electron chi connectivity index (χ4n) is 2.62. The molecule has 0 saturated heterocycles. The third-order valence-corrected chi connectivity index (χ3v) is 3.95. The highest BCUT2D eigenvalue weighted by Crippen LogP contribution is 2.36. The van der Waals surface area contributed by atoms with Gasteiger partial charge in [-0.05, 0) is 31.4 Å². The molecule has 0 radical (unpaired) electrons. The second kappa shape index (κ2) is 5.56. The van der Waals surface area contributed by atoms with Crippen molar-refractivity contribution >= 4 is 10.9 Å². The minimum atomic E-state index is 0.536. The summed E-state index contributed by atoms with van der Waals surface area (Å²) in [7, 11) is 1.66. The Labute approximate surface area is 118 Å². The topological polar surface area (TPSA) is 47.2 Å². The number of methoxy groups -OCH3 is 1. The molecule has 1 aliphatic carbocycles. The van der Waals surface area contributed by atoms with Crippen molar-refractivity contribution in [1.29, 1.82) is 5.26 Å². The standard InChI is InChI=1S/C16H18N2O2/c1-19-7-8-20-14-5-6-15-12(10-17)11-18(16(15)9-14)13-3-2-4-13/h5-6,9,11,13H,2-4,7-8H2,1H3. The quantitative estimate of drug-likeness (QED) is 0.783.